The number of aryl methyl sites for hydroxylation is 2. The topological polar surface area (TPSA) is 72.2 Å². The lowest BCUT2D eigenvalue weighted by Crippen LogP contribution is -2.14. The molecule has 146 valence electrons. The molecule has 0 aliphatic carbocycles. The number of nitrogens with one attached hydrogen (secondary N) is 1. The molecule has 6 nitrogen and oxygen atoms in total. The molecule has 0 saturated heterocycles. The van der Waals surface area contributed by atoms with E-state index >= 15 is 0 Å². The van der Waals surface area contributed by atoms with Crippen molar-refractivity contribution >= 4 is 40.7 Å². The van der Waals surface area contributed by atoms with Crippen LogP contribution in [0.15, 0.2) is 59.8 Å². The van der Waals surface area contributed by atoms with Crippen molar-refractivity contribution in [2.45, 2.75) is 24.8 Å². The highest BCUT2D eigenvalue weighted by Gasteiger charge is 2.14. The van der Waals surface area contributed by atoms with Gasteiger partial charge in [0.05, 0.1) is 0 Å². The standard InChI is InChI=1S/C21H18ClN5OS/c1-13-10-14(2)27-20(23-13)25-21(26-27)29-12-15-6-3-4-9-18(15)19(28)24-17-8-5-7-16(22)11-17/h3-11H,12H2,1-2H3,(H,24,28). The van der Waals surface area contributed by atoms with Crippen molar-refractivity contribution in [3.05, 3.63) is 82.1 Å². The van der Waals surface area contributed by atoms with Crippen LogP contribution in [0.2, 0.25) is 5.02 Å². The predicted molar refractivity (Wildman–Crippen MR) is 116 cm³/mol. The first-order valence-electron chi connectivity index (χ1n) is 8.98. The summed E-state index contributed by atoms with van der Waals surface area (Å²) in [6, 6.07) is 16.6. The minimum atomic E-state index is -0.181. The van der Waals surface area contributed by atoms with Crippen LogP contribution in [0.1, 0.15) is 27.3 Å². The zero-order chi connectivity index (χ0) is 20.4. The van der Waals surface area contributed by atoms with E-state index in [4.69, 9.17) is 11.6 Å². The molecule has 0 aliphatic rings. The van der Waals surface area contributed by atoms with E-state index in [2.05, 4.69) is 20.4 Å². The fourth-order valence-electron chi connectivity index (χ4n) is 2.98. The number of thioether (sulfide) groups is 1. The minimum absolute atomic E-state index is 0.181. The molecule has 29 heavy (non-hydrogen) atoms. The fourth-order valence-corrected chi connectivity index (χ4v) is 4.00. The van der Waals surface area contributed by atoms with Gasteiger partial charge in [-0.25, -0.2) is 9.50 Å². The van der Waals surface area contributed by atoms with Gasteiger partial charge >= 0.3 is 0 Å². The molecule has 0 saturated carbocycles. The van der Waals surface area contributed by atoms with Crippen LogP contribution in [0.4, 0.5) is 5.69 Å². The summed E-state index contributed by atoms with van der Waals surface area (Å²) in [5.41, 5.74) is 4.05. The number of carbonyl (C=O) groups excluding carboxylic acids is 1. The summed E-state index contributed by atoms with van der Waals surface area (Å²) < 4.78 is 1.73. The molecule has 2 heterocycles. The second-order valence-electron chi connectivity index (χ2n) is 6.56. The first-order valence-corrected chi connectivity index (χ1v) is 10.3. The molecule has 4 aromatic rings. The molecule has 2 aromatic carbocycles. The second-order valence-corrected chi connectivity index (χ2v) is 7.93. The Morgan fingerprint density at radius 3 is 2.76 bits per heavy atom. The van der Waals surface area contributed by atoms with Crippen molar-refractivity contribution in [2.24, 2.45) is 0 Å². The number of hydrogen-bond donors (Lipinski definition) is 1. The van der Waals surface area contributed by atoms with E-state index in [0.29, 0.717) is 33.0 Å². The molecule has 0 fully saturated rings. The van der Waals surface area contributed by atoms with Gasteiger partial charge in [-0.1, -0.05) is 47.6 Å². The zero-order valence-corrected chi connectivity index (χ0v) is 17.5. The number of anilines is 1. The molecule has 0 radical (unpaired) electrons. The SMILES string of the molecule is Cc1cc(C)n2nc(SCc3ccccc3C(=O)Nc3cccc(Cl)c3)nc2n1. The van der Waals surface area contributed by atoms with Crippen LogP contribution in [-0.4, -0.2) is 25.5 Å². The molecule has 4 rings (SSSR count). The Balaban J connectivity index is 1.53. The third kappa shape index (κ3) is 4.41. The van der Waals surface area contributed by atoms with Gasteiger partial charge in [-0.3, -0.25) is 4.79 Å². The number of benzene rings is 2. The quantitative estimate of drug-likeness (QED) is 0.460. The van der Waals surface area contributed by atoms with Gasteiger partial charge < -0.3 is 5.32 Å². The highest BCUT2D eigenvalue weighted by Crippen LogP contribution is 2.24. The number of nitrogens with zero attached hydrogens (tertiary/aromatic N) is 4. The van der Waals surface area contributed by atoms with Crippen molar-refractivity contribution in [3.63, 3.8) is 0 Å². The van der Waals surface area contributed by atoms with Crippen LogP contribution < -0.4 is 5.32 Å². The van der Waals surface area contributed by atoms with Gasteiger partial charge in [-0.2, -0.15) is 4.98 Å². The van der Waals surface area contributed by atoms with Gasteiger partial charge in [0, 0.05) is 33.4 Å². The Morgan fingerprint density at radius 2 is 1.93 bits per heavy atom. The van der Waals surface area contributed by atoms with Crippen molar-refractivity contribution in [1.29, 1.82) is 0 Å². The number of fused-ring (bicyclic) bond motifs is 1. The van der Waals surface area contributed by atoms with Crippen molar-refractivity contribution in [3.8, 4) is 0 Å². The van der Waals surface area contributed by atoms with Gasteiger partial charge in [0.2, 0.25) is 5.16 Å². The van der Waals surface area contributed by atoms with Gasteiger partial charge in [0.25, 0.3) is 11.7 Å². The molecule has 2 aromatic heterocycles. The Hall–Kier alpha value is -2.90. The molecule has 0 spiro atoms. The fraction of sp³-hybridized carbons (Fsp3) is 0.143. The molecule has 0 aliphatic heterocycles. The molecule has 0 bridgehead atoms. The number of rotatable bonds is 5. The first kappa shape index (κ1) is 19.4. The van der Waals surface area contributed by atoms with Crippen LogP contribution in [-0.2, 0) is 5.75 Å². The van der Waals surface area contributed by atoms with Gasteiger partial charge in [-0.15, -0.1) is 5.10 Å². The molecule has 1 amide bonds. The number of carbonyl (C=O) groups is 1. The van der Waals surface area contributed by atoms with Crippen molar-refractivity contribution in [1.82, 2.24) is 19.6 Å². The van der Waals surface area contributed by atoms with Crippen molar-refractivity contribution < 1.29 is 4.79 Å². The summed E-state index contributed by atoms with van der Waals surface area (Å²) in [6.07, 6.45) is 0. The highest BCUT2D eigenvalue weighted by atomic mass is 35.5. The lowest BCUT2D eigenvalue weighted by Gasteiger charge is -2.09. The Bertz CT molecular complexity index is 1210. The number of halogens is 1. The maximum Gasteiger partial charge on any atom is 0.255 e. The van der Waals surface area contributed by atoms with E-state index in [1.165, 1.54) is 11.8 Å². The third-order valence-electron chi connectivity index (χ3n) is 4.30. The summed E-state index contributed by atoms with van der Waals surface area (Å²) in [5, 5.41) is 8.60. The minimum Gasteiger partial charge on any atom is -0.322 e. The van der Waals surface area contributed by atoms with E-state index in [1.807, 2.05) is 44.2 Å². The van der Waals surface area contributed by atoms with Crippen molar-refractivity contribution in [2.75, 3.05) is 5.32 Å². The van der Waals surface area contributed by atoms with E-state index in [1.54, 1.807) is 28.8 Å². The maximum atomic E-state index is 12.8. The molecule has 0 atom stereocenters. The van der Waals surface area contributed by atoms with E-state index in [9.17, 15) is 4.79 Å². The molecule has 8 heteroatoms. The largest absolute Gasteiger partial charge is 0.322 e. The van der Waals surface area contributed by atoms with E-state index in [-0.39, 0.29) is 5.91 Å². The number of amides is 1. The summed E-state index contributed by atoms with van der Waals surface area (Å²) in [5.74, 6) is 0.963. The highest BCUT2D eigenvalue weighted by molar-refractivity contribution is 7.98. The molecule has 1 N–H and O–H groups in total. The van der Waals surface area contributed by atoms with Crippen LogP contribution in [0, 0.1) is 13.8 Å². The van der Waals surface area contributed by atoms with E-state index in [0.717, 1.165) is 17.0 Å². The van der Waals surface area contributed by atoms with Crippen LogP contribution in [0.3, 0.4) is 0 Å². The van der Waals surface area contributed by atoms with Gasteiger partial charge in [0.15, 0.2) is 0 Å². The van der Waals surface area contributed by atoms with Crippen LogP contribution in [0.5, 0.6) is 0 Å². The normalized spacial score (nSPS) is 11.0. The average molecular weight is 424 g/mol. The summed E-state index contributed by atoms with van der Waals surface area (Å²) in [7, 11) is 0. The Labute approximate surface area is 177 Å². The summed E-state index contributed by atoms with van der Waals surface area (Å²) in [4.78, 5) is 21.7. The van der Waals surface area contributed by atoms with Crippen LogP contribution in [0.25, 0.3) is 5.78 Å². The Morgan fingerprint density at radius 1 is 1.10 bits per heavy atom. The molecular formula is C21H18ClN5OS. The first-order chi connectivity index (χ1) is 14.0. The van der Waals surface area contributed by atoms with Gasteiger partial charge in [0.1, 0.15) is 0 Å². The molecular weight excluding hydrogens is 406 g/mol. The maximum absolute atomic E-state index is 12.8. The van der Waals surface area contributed by atoms with E-state index < -0.39 is 0 Å². The molecule has 0 unspecified atom stereocenters. The third-order valence-corrected chi connectivity index (χ3v) is 5.42. The summed E-state index contributed by atoms with van der Waals surface area (Å²) in [6.45, 7) is 3.91. The monoisotopic (exact) mass is 423 g/mol. The second kappa shape index (κ2) is 8.23. The number of aromatic nitrogens is 4. The summed E-state index contributed by atoms with van der Waals surface area (Å²) >= 11 is 7.47. The lowest BCUT2D eigenvalue weighted by atomic mass is 10.1. The lowest BCUT2D eigenvalue weighted by molar-refractivity contribution is 0.102. The predicted octanol–water partition coefficient (Wildman–Crippen LogP) is 4.94. The number of hydrogen-bond acceptors (Lipinski definition) is 5. The zero-order valence-electron chi connectivity index (χ0n) is 15.9. The van der Waals surface area contributed by atoms with Crippen LogP contribution >= 0.6 is 23.4 Å². The Kier molecular flexibility index (Phi) is 5.51. The average Bonchev–Trinajstić information content (AvgIpc) is 3.10. The van der Waals surface area contributed by atoms with Gasteiger partial charge in [-0.05, 0) is 49.7 Å². The smallest absolute Gasteiger partial charge is 0.255 e.